The molecule has 0 radical (unpaired) electrons. The summed E-state index contributed by atoms with van der Waals surface area (Å²) < 4.78 is 0. The van der Waals surface area contributed by atoms with Gasteiger partial charge in [0.15, 0.2) is 0 Å². The van der Waals surface area contributed by atoms with Crippen molar-refractivity contribution in [1.29, 1.82) is 0 Å². The van der Waals surface area contributed by atoms with Gasteiger partial charge in [-0.05, 0) is 19.3 Å². The van der Waals surface area contributed by atoms with Gasteiger partial charge >= 0.3 is 0 Å². The molecule has 0 saturated heterocycles. The van der Waals surface area contributed by atoms with Crippen LogP contribution in [0.4, 0.5) is 0 Å². The number of halogens is 1. The van der Waals surface area contributed by atoms with Crippen LogP contribution in [0.2, 0.25) is 0 Å². The quantitative estimate of drug-likeness (QED) is 0.655. The first-order chi connectivity index (χ1) is 6.13. The van der Waals surface area contributed by atoms with Gasteiger partial charge in [0.25, 0.3) is 0 Å². The maximum atomic E-state index is 10.5. The van der Waals surface area contributed by atoms with E-state index in [2.05, 4.69) is 10.6 Å². The Morgan fingerprint density at radius 1 is 0.857 bits per heavy atom. The van der Waals surface area contributed by atoms with Crippen LogP contribution in [-0.2, 0) is 9.59 Å². The van der Waals surface area contributed by atoms with Crippen LogP contribution in [0.25, 0.3) is 0 Å². The zero-order valence-electron chi connectivity index (χ0n) is 8.76. The van der Waals surface area contributed by atoms with Gasteiger partial charge in [0, 0.05) is 26.9 Å². The van der Waals surface area contributed by atoms with Crippen molar-refractivity contribution in [1.82, 2.24) is 10.6 Å². The largest absolute Gasteiger partial charge is 0.356 e. The minimum atomic E-state index is 0. The molecule has 0 aliphatic heterocycles. The van der Waals surface area contributed by atoms with E-state index < -0.39 is 0 Å². The summed E-state index contributed by atoms with van der Waals surface area (Å²) in [5.74, 6) is 0.0312. The molecule has 0 aromatic heterocycles. The van der Waals surface area contributed by atoms with Gasteiger partial charge in [0.05, 0.1) is 0 Å². The normalized spacial score (nSPS) is 8.71. The summed E-state index contributed by atoms with van der Waals surface area (Å²) in [6.07, 6.45) is 2.97. The highest BCUT2D eigenvalue weighted by atomic mass is 35.5. The molecule has 2 N–H and O–H groups in total. The second-order valence-electron chi connectivity index (χ2n) is 3.03. The number of hydrogen-bond donors (Lipinski definition) is 2. The van der Waals surface area contributed by atoms with E-state index in [-0.39, 0.29) is 24.2 Å². The molecule has 0 atom stereocenters. The SMILES string of the molecule is CC(=O)NCCCCCNC(C)=O.Cl. The third kappa shape index (κ3) is 13.8. The minimum absolute atomic E-state index is 0. The lowest BCUT2D eigenvalue weighted by Crippen LogP contribution is -2.22. The third-order valence-electron chi connectivity index (χ3n) is 1.60. The lowest BCUT2D eigenvalue weighted by Gasteiger charge is -2.02. The monoisotopic (exact) mass is 222 g/mol. The maximum Gasteiger partial charge on any atom is 0.216 e. The van der Waals surface area contributed by atoms with Crippen LogP contribution in [0, 0.1) is 0 Å². The molecule has 0 fully saturated rings. The predicted molar refractivity (Wildman–Crippen MR) is 58.5 cm³/mol. The first-order valence-electron chi connectivity index (χ1n) is 4.62. The van der Waals surface area contributed by atoms with Gasteiger partial charge in [-0.3, -0.25) is 9.59 Å². The van der Waals surface area contributed by atoms with Gasteiger partial charge in [0.2, 0.25) is 11.8 Å². The Hall–Kier alpha value is -0.770. The van der Waals surface area contributed by atoms with Crippen LogP contribution >= 0.6 is 12.4 Å². The van der Waals surface area contributed by atoms with E-state index in [4.69, 9.17) is 0 Å². The third-order valence-corrected chi connectivity index (χ3v) is 1.60. The number of amides is 2. The molecule has 0 spiro atoms. The van der Waals surface area contributed by atoms with Crippen LogP contribution in [0.3, 0.4) is 0 Å². The van der Waals surface area contributed by atoms with Gasteiger partial charge in [-0.1, -0.05) is 0 Å². The molecular weight excluding hydrogens is 204 g/mol. The zero-order chi connectivity index (χ0) is 10.1. The van der Waals surface area contributed by atoms with E-state index in [9.17, 15) is 9.59 Å². The fraction of sp³-hybridized carbons (Fsp3) is 0.778. The molecule has 0 aromatic rings. The highest BCUT2D eigenvalue weighted by Crippen LogP contribution is 1.91. The average Bonchev–Trinajstić information content (AvgIpc) is 2.01. The van der Waals surface area contributed by atoms with Crippen molar-refractivity contribution < 1.29 is 9.59 Å². The Bertz CT molecular complexity index is 156. The highest BCUT2D eigenvalue weighted by Gasteiger charge is 1.92. The van der Waals surface area contributed by atoms with Crippen molar-refractivity contribution in [3.63, 3.8) is 0 Å². The summed E-state index contributed by atoms with van der Waals surface area (Å²) in [5.41, 5.74) is 0. The van der Waals surface area contributed by atoms with Gasteiger partial charge in [-0.15, -0.1) is 12.4 Å². The molecule has 0 saturated carbocycles. The van der Waals surface area contributed by atoms with Crippen LogP contribution < -0.4 is 10.6 Å². The summed E-state index contributed by atoms with van der Waals surface area (Å²) in [6.45, 7) is 4.49. The fourth-order valence-electron chi connectivity index (χ4n) is 0.956. The van der Waals surface area contributed by atoms with Crippen molar-refractivity contribution in [3.8, 4) is 0 Å². The second kappa shape index (κ2) is 10.3. The minimum Gasteiger partial charge on any atom is -0.356 e. The lowest BCUT2D eigenvalue weighted by atomic mass is 10.2. The smallest absolute Gasteiger partial charge is 0.216 e. The molecule has 0 aromatic carbocycles. The molecule has 84 valence electrons. The molecule has 0 bridgehead atoms. The van der Waals surface area contributed by atoms with Crippen molar-refractivity contribution in [2.45, 2.75) is 33.1 Å². The van der Waals surface area contributed by atoms with Crippen molar-refractivity contribution in [2.75, 3.05) is 13.1 Å². The summed E-state index contributed by atoms with van der Waals surface area (Å²) in [4.78, 5) is 20.9. The van der Waals surface area contributed by atoms with E-state index in [1.807, 2.05) is 0 Å². The number of hydrogen-bond acceptors (Lipinski definition) is 2. The Morgan fingerprint density at radius 3 is 1.50 bits per heavy atom. The lowest BCUT2D eigenvalue weighted by molar-refractivity contribution is -0.119. The van der Waals surface area contributed by atoms with Gasteiger partial charge in [-0.25, -0.2) is 0 Å². The zero-order valence-corrected chi connectivity index (χ0v) is 9.58. The Kier molecular flexibility index (Phi) is 11.6. The van der Waals surface area contributed by atoms with Crippen molar-refractivity contribution in [2.24, 2.45) is 0 Å². The molecular formula is C9H19ClN2O2. The van der Waals surface area contributed by atoms with E-state index in [0.29, 0.717) is 0 Å². The Balaban J connectivity index is 0. The molecule has 5 heteroatoms. The predicted octanol–water partition coefficient (Wildman–Crippen LogP) is 0.851. The van der Waals surface area contributed by atoms with Crippen LogP contribution in [0.15, 0.2) is 0 Å². The fourth-order valence-corrected chi connectivity index (χ4v) is 0.956. The van der Waals surface area contributed by atoms with Crippen LogP contribution in [0.1, 0.15) is 33.1 Å². The van der Waals surface area contributed by atoms with E-state index >= 15 is 0 Å². The molecule has 0 aliphatic rings. The Morgan fingerprint density at radius 2 is 1.21 bits per heavy atom. The molecule has 0 unspecified atom stereocenters. The number of carbonyl (C=O) groups is 2. The molecule has 4 nitrogen and oxygen atoms in total. The molecule has 0 rings (SSSR count). The number of unbranched alkanes of at least 4 members (excludes halogenated alkanes) is 2. The summed E-state index contributed by atoms with van der Waals surface area (Å²) >= 11 is 0. The number of rotatable bonds is 6. The van der Waals surface area contributed by atoms with Gasteiger partial charge < -0.3 is 10.6 Å². The van der Waals surface area contributed by atoms with Gasteiger partial charge in [0.1, 0.15) is 0 Å². The van der Waals surface area contributed by atoms with Gasteiger partial charge in [-0.2, -0.15) is 0 Å². The van der Waals surface area contributed by atoms with E-state index in [0.717, 1.165) is 32.4 Å². The number of nitrogens with one attached hydrogen (secondary N) is 2. The first kappa shape index (κ1) is 15.7. The van der Waals surface area contributed by atoms with Crippen LogP contribution in [0.5, 0.6) is 0 Å². The molecule has 14 heavy (non-hydrogen) atoms. The van der Waals surface area contributed by atoms with Crippen LogP contribution in [-0.4, -0.2) is 24.9 Å². The Labute approximate surface area is 91.2 Å². The van der Waals surface area contributed by atoms with Crippen molar-refractivity contribution in [3.05, 3.63) is 0 Å². The molecule has 0 heterocycles. The summed E-state index contributed by atoms with van der Waals surface area (Å²) in [5, 5.41) is 5.44. The van der Waals surface area contributed by atoms with E-state index in [1.165, 1.54) is 13.8 Å². The van der Waals surface area contributed by atoms with Crippen molar-refractivity contribution >= 4 is 24.2 Å². The summed E-state index contributed by atoms with van der Waals surface area (Å²) in [7, 11) is 0. The average molecular weight is 223 g/mol. The first-order valence-corrected chi connectivity index (χ1v) is 4.62. The molecule has 2 amide bonds. The summed E-state index contributed by atoms with van der Waals surface area (Å²) in [6, 6.07) is 0. The number of carbonyl (C=O) groups excluding carboxylic acids is 2. The van der Waals surface area contributed by atoms with E-state index in [1.54, 1.807) is 0 Å². The standard InChI is InChI=1S/C9H18N2O2.ClH/c1-8(12)10-6-4-3-5-7-11-9(2)13;/h3-7H2,1-2H3,(H,10,12)(H,11,13);1H. The second-order valence-corrected chi connectivity index (χ2v) is 3.03. The highest BCUT2D eigenvalue weighted by molar-refractivity contribution is 5.85. The maximum absolute atomic E-state index is 10.5. The molecule has 0 aliphatic carbocycles. The topological polar surface area (TPSA) is 58.2 Å².